The van der Waals surface area contributed by atoms with Crippen molar-refractivity contribution in [2.45, 2.75) is 57.1 Å². The summed E-state index contributed by atoms with van der Waals surface area (Å²) < 4.78 is 5.56. The maximum Gasteiger partial charge on any atom is 0.323 e. The van der Waals surface area contributed by atoms with Crippen LogP contribution >= 0.6 is 22.9 Å². The van der Waals surface area contributed by atoms with Crippen LogP contribution in [0.4, 0.5) is 0 Å². The lowest BCUT2D eigenvalue weighted by atomic mass is 9.99. The van der Waals surface area contributed by atoms with Crippen LogP contribution in [0.5, 0.6) is 0 Å². The van der Waals surface area contributed by atoms with Crippen molar-refractivity contribution >= 4 is 34.8 Å². The summed E-state index contributed by atoms with van der Waals surface area (Å²) in [6.07, 6.45) is 4.69. The Hall–Kier alpha value is -2.78. The Morgan fingerprint density at radius 1 is 1.18 bits per heavy atom. The fourth-order valence-corrected chi connectivity index (χ4v) is 6.19. The van der Waals surface area contributed by atoms with Crippen molar-refractivity contribution in [2.24, 2.45) is 11.7 Å². The number of benzene rings is 1. The van der Waals surface area contributed by atoms with Gasteiger partial charge in [0.15, 0.2) is 0 Å². The number of likely N-dealkylation sites (tertiary alicyclic amines) is 1. The molecule has 1 saturated heterocycles. The van der Waals surface area contributed by atoms with Crippen molar-refractivity contribution < 1.29 is 19.4 Å². The zero-order valence-corrected chi connectivity index (χ0v) is 23.8. The molecule has 5 rings (SSSR count). The van der Waals surface area contributed by atoms with Crippen LogP contribution in [0.2, 0.25) is 5.02 Å². The second kappa shape index (κ2) is 11.4. The first kappa shape index (κ1) is 27.8. The van der Waals surface area contributed by atoms with Gasteiger partial charge >= 0.3 is 5.97 Å². The Labute approximate surface area is 238 Å². The molecule has 2 fully saturated rings. The van der Waals surface area contributed by atoms with Gasteiger partial charge in [-0.15, -0.1) is 11.3 Å². The van der Waals surface area contributed by atoms with Crippen molar-refractivity contribution in [3.8, 4) is 21.6 Å². The lowest BCUT2D eigenvalue weighted by molar-refractivity contribution is -0.153. The monoisotopic (exact) mass is 567 g/mol. The molecule has 2 aliphatic rings. The fraction of sp³-hybridized carbons (Fsp3) is 0.433. The van der Waals surface area contributed by atoms with Gasteiger partial charge in [0.25, 0.3) is 5.91 Å². The Morgan fingerprint density at radius 2 is 1.92 bits per heavy atom. The molecule has 7 nitrogen and oxygen atoms in total. The van der Waals surface area contributed by atoms with Crippen LogP contribution in [0, 0.1) is 5.92 Å². The molecule has 3 N–H and O–H groups in total. The predicted molar refractivity (Wildman–Crippen MR) is 154 cm³/mol. The molecular formula is C30H34ClN3O4S. The Bertz CT molecular complexity index is 1360. The molecule has 0 bridgehead atoms. The van der Waals surface area contributed by atoms with E-state index in [2.05, 4.69) is 22.5 Å². The molecular weight excluding hydrogens is 534 g/mol. The topological polar surface area (TPSA) is 106 Å². The van der Waals surface area contributed by atoms with Gasteiger partial charge in [0.05, 0.1) is 11.6 Å². The van der Waals surface area contributed by atoms with Crippen LogP contribution in [0.25, 0.3) is 21.6 Å². The van der Waals surface area contributed by atoms with Crippen LogP contribution in [-0.4, -0.2) is 58.7 Å². The van der Waals surface area contributed by atoms with E-state index in [-0.39, 0.29) is 35.9 Å². The number of hydrogen-bond acceptors (Lipinski definition) is 7. The molecule has 1 saturated carbocycles. The molecule has 1 amide bonds. The standard InChI is InChI=1S/C30H34ClN3O4S/c1-18(2)27(32)29(37)38-22-6-11-34(12-7-22)28(36)20-3-4-23(24(31)13-20)25-14-21(16-39-25)19-5-10-33-26(15-19)30(17-35)8-9-30/h3-5,10,13-16,18,22,27,35H,6-9,11-12,17,32H2,1-2H3. The maximum absolute atomic E-state index is 13.2. The third-order valence-electron chi connectivity index (χ3n) is 7.88. The van der Waals surface area contributed by atoms with Gasteiger partial charge in [0, 0.05) is 59.2 Å². The number of nitrogens with two attached hydrogens (primary N) is 1. The van der Waals surface area contributed by atoms with Crippen molar-refractivity contribution in [2.75, 3.05) is 19.7 Å². The summed E-state index contributed by atoms with van der Waals surface area (Å²) in [5, 5.41) is 12.4. The lowest BCUT2D eigenvalue weighted by Gasteiger charge is -2.32. The van der Waals surface area contributed by atoms with Gasteiger partial charge in [0.1, 0.15) is 12.1 Å². The Kier molecular flexibility index (Phi) is 8.10. The third-order valence-corrected chi connectivity index (χ3v) is 9.15. The van der Waals surface area contributed by atoms with Gasteiger partial charge in [-0.05, 0) is 65.6 Å². The van der Waals surface area contributed by atoms with Crippen molar-refractivity contribution in [3.63, 3.8) is 0 Å². The first-order valence-electron chi connectivity index (χ1n) is 13.4. The van der Waals surface area contributed by atoms with Gasteiger partial charge in [-0.2, -0.15) is 0 Å². The number of rotatable bonds is 8. The van der Waals surface area contributed by atoms with Gasteiger partial charge in [-0.3, -0.25) is 14.6 Å². The second-order valence-electron chi connectivity index (χ2n) is 11.0. The minimum Gasteiger partial charge on any atom is -0.461 e. The van der Waals surface area contributed by atoms with E-state index in [9.17, 15) is 14.7 Å². The summed E-state index contributed by atoms with van der Waals surface area (Å²) in [5.41, 5.74) is 10.2. The third kappa shape index (κ3) is 5.89. The number of carbonyl (C=O) groups is 2. The van der Waals surface area contributed by atoms with E-state index < -0.39 is 6.04 Å². The van der Waals surface area contributed by atoms with Crippen LogP contribution in [0.3, 0.4) is 0 Å². The number of pyridine rings is 1. The largest absolute Gasteiger partial charge is 0.461 e. The fourth-order valence-electron chi connectivity index (χ4n) is 4.90. The first-order valence-corrected chi connectivity index (χ1v) is 14.7. The Morgan fingerprint density at radius 3 is 2.56 bits per heavy atom. The van der Waals surface area contributed by atoms with Crippen molar-refractivity contribution in [1.82, 2.24) is 9.88 Å². The molecule has 9 heteroatoms. The Balaban J connectivity index is 1.23. The predicted octanol–water partition coefficient (Wildman–Crippen LogP) is 5.29. The number of carbonyl (C=O) groups excluding carboxylic acids is 2. The zero-order valence-electron chi connectivity index (χ0n) is 22.2. The smallest absolute Gasteiger partial charge is 0.323 e. The summed E-state index contributed by atoms with van der Waals surface area (Å²) in [4.78, 5) is 32.6. The SMILES string of the molecule is CC(C)C(N)C(=O)OC1CCN(C(=O)c2ccc(-c3cc(-c4ccnc(C5(CO)CC5)c4)cs3)c(Cl)c2)CC1. The van der Waals surface area contributed by atoms with E-state index in [1.54, 1.807) is 28.5 Å². The summed E-state index contributed by atoms with van der Waals surface area (Å²) in [5.74, 6) is -0.445. The molecule has 0 spiro atoms. The molecule has 1 aliphatic carbocycles. The maximum atomic E-state index is 13.2. The first-order chi connectivity index (χ1) is 18.7. The summed E-state index contributed by atoms with van der Waals surface area (Å²) in [6.45, 7) is 4.91. The molecule has 1 aromatic carbocycles. The number of nitrogens with zero attached hydrogens (tertiary/aromatic N) is 2. The van der Waals surface area contributed by atoms with Gasteiger partial charge in [-0.1, -0.05) is 31.5 Å². The van der Waals surface area contributed by atoms with Crippen molar-refractivity contribution in [3.05, 3.63) is 64.3 Å². The quantitative estimate of drug-likeness (QED) is 0.358. The minimum atomic E-state index is -0.631. The summed E-state index contributed by atoms with van der Waals surface area (Å²) in [7, 11) is 0. The zero-order chi connectivity index (χ0) is 27.7. The highest BCUT2D eigenvalue weighted by Crippen LogP contribution is 2.47. The average molecular weight is 568 g/mol. The number of amides is 1. The van der Waals surface area contributed by atoms with E-state index in [0.29, 0.717) is 36.5 Å². The lowest BCUT2D eigenvalue weighted by Crippen LogP contribution is -2.44. The van der Waals surface area contributed by atoms with E-state index in [4.69, 9.17) is 22.1 Å². The number of thiophene rings is 1. The van der Waals surface area contributed by atoms with Crippen LogP contribution in [0.1, 0.15) is 55.6 Å². The molecule has 3 aromatic rings. The number of ether oxygens (including phenoxy) is 1. The molecule has 2 aromatic heterocycles. The van der Waals surface area contributed by atoms with E-state index in [1.807, 2.05) is 32.0 Å². The number of halogens is 1. The molecule has 3 heterocycles. The molecule has 1 unspecified atom stereocenters. The number of aromatic nitrogens is 1. The second-order valence-corrected chi connectivity index (χ2v) is 12.3. The number of aliphatic hydroxyl groups is 1. The van der Waals surface area contributed by atoms with Crippen LogP contribution in [0.15, 0.2) is 48.0 Å². The van der Waals surface area contributed by atoms with Gasteiger partial charge < -0.3 is 20.5 Å². The number of esters is 1. The normalized spacial score (nSPS) is 17.7. The molecule has 1 aliphatic heterocycles. The van der Waals surface area contributed by atoms with Crippen LogP contribution < -0.4 is 5.73 Å². The van der Waals surface area contributed by atoms with Gasteiger partial charge in [0.2, 0.25) is 0 Å². The summed E-state index contributed by atoms with van der Waals surface area (Å²) >= 11 is 8.28. The highest BCUT2D eigenvalue weighted by atomic mass is 35.5. The summed E-state index contributed by atoms with van der Waals surface area (Å²) in [6, 6.07) is 11.0. The molecule has 206 valence electrons. The number of piperidine rings is 1. The minimum absolute atomic E-state index is 0.0166. The van der Waals surface area contributed by atoms with Crippen molar-refractivity contribution in [1.29, 1.82) is 0 Å². The molecule has 0 radical (unpaired) electrons. The number of hydrogen-bond donors (Lipinski definition) is 2. The highest BCUT2D eigenvalue weighted by molar-refractivity contribution is 7.14. The molecule has 39 heavy (non-hydrogen) atoms. The highest BCUT2D eigenvalue weighted by Gasteiger charge is 2.45. The van der Waals surface area contributed by atoms with Crippen LogP contribution in [-0.2, 0) is 14.9 Å². The van der Waals surface area contributed by atoms with Gasteiger partial charge in [-0.25, -0.2) is 0 Å². The number of aliphatic hydroxyl groups excluding tert-OH is 1. The van der Waals surface area contributed by atoms with E-state index in [0.717, 1.165) is 40.1 Å². The van der Waals surface area contributed by atoms with E-state index >= 15 is 0 Å². The van der Waals surface area contributed by atoms with E-state index in [1.165, 1.54) is 0 Å². The average Bonchev–Trinajstić information content (AvgIpc) is 3.61. The molecule has 1 atom stereocenters.